The van der Waals surface area contributed by atoms with Crippen LogP contribution in [0.2, 0.25) is 0 Å². The lowest BCUT2D eigenvalue weighted by Crippen LogP contribution is -2.33. The van der Waals surface area contributed by atoms with Gasteiger partial charge in [0.1, 0.15) is 0 Å². The maximum Gasteiger partial charge on any atom is 0.337 e. The lowest BCUT2D eigenvalue weighted by molar-refractivity contribution is 0.0696. The molecule has 0 aliphatic heterocycles. The van der Waals surface area contributed by atoms with Crippen molar-refractivity contribution >= 4 is 17.7 Å². The Bertz CT molecular complexity index is 473. The average Bonchev–Trinajstić information content (AvgIpc) is 2.68. The number of carboxylic acid groups (broad SMARTS) is 1. The third-order valence-electron chi connectivity index (χ3n) is 4.45. The molecule has 106 valence electrons. The molecule has 1 fully saturated rings. The van der Waals surface area contributed by atoms with Crippen molar-refractivity contribution < 1.29 is 9.90 Å². The van der Waals surface area contributed by atoms with E-state index < -0.39 is 5.97 Å². The number of thioether (sulfide) groups is 1. The van der Waals surface area contributed by atoms with Crippen LogP contribution in [0.25, 0.3) is 0 Å². The molecule has 19 heavy (non-hydrogen) atoms. The molecule has 0 radical (unpaired) electrons. The number of hydrogen-bond donors (Lipinski definition) is 1. The zero-order valence-corrected chi connectivity index (χ0v) is 12.8. The summed E-state index contributed by atoms with van der Waals surface area (Å²) in [4.78, 5) is 11.2. The smallest absolute Gasteiger partial charge is 0.337 e. The molecule has 0 amide bonds. The second-order valence-electron chi connectivity index (χ2n) is 5.62. The minimum Gasteiger partial charge on any atom is -0.478 e. The van der Waals surface area contributed by atoms with Gasteiger partial charge in [0, 0.05) is 22.7 Å². The van der Waals surface area contributed by atoms with Gasteiger partial charge in [-0.1, -0.05) is 19.3 Å². The molecule has 0 spiro atoms. The van der Waals surface area contributed by atoms with Gasteiger partial charge < -0.3 is 9.67 Å². The first-order valence-electron chi connectivity index (χ1n) is 6.94. The predicted molar refractivity (Wildman–Crippen MR) is 80.2 cm³/mol. The molecule has 1 aromatic rings. The average molecular weight is 281 g/mol. The van der Waals surface area contributed by atoms with Crippen molar-refractivity contribution in [2.45, 2.75) is 57.2 Å². The monoisotopic (exact) mass is 281 g/mol. The Morgan fingerprint density at radius 1 is 1.37 bits per heavy atom. The quantitative estimate of drug-likeness (QED) is 0.911. The molecular formula is C15H23NO2S. The lowest BCUT2D eigenvalue weighted by Gasteiger charge is -2.37. The molecule has 1 aromatic heterocycles. The minimum atomic E-state index is -0.818. The van der Waals surface area contributed by atoms with Gasteiger partial charge in [-0.25, -0.2) is 4.79 Å². The predicted octanol–water partition coefficient (Wildman–Crippen LogP) is 3.87. The van der Waals surface area contributed by atoms with Gasteiger partial charge in [0.25, 0.3) is 0 Å². The zero-order chi connectivity index (χ0) is 14.0. The van der Waals surface area contributed by atoms with Crippen molar-refractivity contribution in [3.63, 3.8) is 0 Å². The molecule has 1 heterocycles. The Morgan fingerprint density at radius 2 is 2.00 bits per heavy atom. The van der Waals surface area contributed by atoms with Crippen molar-refractivity contribution in [3.8, 4) is 0 Å². The fourth-order valence-electron chi connectivity index (χ4n) is 3.17. The number of carboxylic acids is 1. The molecule has 1 aliphatic rings. The summed E-state index contributed by atoms with van der Waals surface area (Å²) in [5, 5.41) is 9.21. The first-order valence-corrected chi connectivity index (χ1v) is 8.17. The van der Waals surface area contributed by atoms with E-state index in [0.717, 1.165) is 17.9 Å². The summed E-state index contributed by atoms with van der Waals surface area (Å²) < 4.78 is 2.49. The summed E-state index contributed by atoms with van der Waals surface area (Å²) in [5.41, 5.74) is 2.41. The Morgan fingerprint density at radius 3 is 2.47 bits per heavy atom. The maximum atomic E-state index is 11.2. The van der Waals surface area contributed by atoms with Gasteiger partial charge >= 0.3 is 5.97 Å². The number of hydrogen-bond acceptors (Lipinski definition) is 2. The molecule has 1 aliphatic carbocycles. The molecule has 0 aromatic carbocycles. The van der Waals surface area contributed by atoms with Gasteiger partial charge in [-0.2, -0.15) is 11.8 Å². The highest BCUT2D eigenvalue weighted by molar-refractivity contribution is 8.00. The number of aromatic nitrogens is 1. The molecule has 3 nitrogen and oxygen atoms in total. The van der Waals surface area contributed by atoms with E-state index in [4.69, 9.17) is 0 Å². The van der Waals surface area contributed by atoms with Crippen LogP contribution in [0.1, 0.15) is 53.8 Å². The number of aryl methyl sites for hydroxylation is 1. The highest BCUT2D eigenvalue weighted by Crippen LogP contribution is 2.40. The molecular weight excluding hydrogens is 258 g/mol. The fourth-order valence-corrected chi connectivity index (χ4v) is 4.13. The summed E-state index contributed by atoms with van der Waals surface area (Å²) in [6.07, 6.45) is 8.61. The highest BCUT2D eigenvalue weighted by atomic mass is 32.2. The second kappa shape index (κ2) is 5.61. The first kappa shape index (κ1) is 14.5. The van der Waals surface area contributed by atoms with Crippen molar-refractivity contribution in [2.24, 2.45) is 0 Å². The molecule has 0 bridgehead atoms. The number of aromatic carboxylic acids is 1. The van der Waals surface area contributed by atoms with Crippen LogP contribution in [0, 0.1) is 13.8 Å². The number of nitrogens with zero attached hydrogens (tertiary/aromatic N) is 1. The van der Waals surface area contributed by atoms with E-state index in [1.54, 1.807) is 6.07 Å². The standard InChI is InChI=1S/C15H23NO2S/c1-11-9-13(14(17)18)12(2)16(11)10-15(19-3)7-5-4-6-8-15/h9H,4-8,10H2,1-3H3,(H,17,18). The fraction of sp³-hybridized carbons (Fsp3) is 0.667. The van der Waals surface area contributed by atoms with E-state index in [1.807, 2.05) is 25.6 Å². The normalized spacial score (nSPS) is 18.5. The SMILES string of the molecule is CSC1(Cn2c(C)cc(C(=O)O)c2C)CCCCC1. The lowest BCUT2D eigenvalue weighted by atomic mass is 9.88. The number of carbonyl (C=O) groups is 1. The third kappa shape index (κ3) is 2.83. The van der Waals surface area contributed by atoms with Crippen LogP contribution in [-0.4, -0.2) is 26.6 Å². The first-order chi connectivity index (χ1) is 8.99. The van der Waals surface area contributed by atoms with Crippen LogP contribution in [0.3, 0.4) is 0 Å². The van der Waals surface area contributed by atoms with Crippen LogP contribution in [0.4, 0.5) is 0 Å². The van der Waals surface area contributed by atoms with Crippen molar-refractivity contribution in [1.29, 1.82) is 0 Å². The van der Waals surface area contributed by atoms with E-state index in [9.17, 15) is 9.90 Å². The molecule has 1 N–H and O–H groups in total. The molecule has 0 atom stereocenters. The minimum absolute atomic E-state index is 0.294. The topological polar surface area (TPSA) is 42.2 Å². The van der Waals surface area contributed by atoms with Crippen molar-refractivity contribution in [1.82, 2.24) is 4.57 Å². The van der Waals surface area contributed by atoms with Gasteiger partial charge in [-0.3, -0.25) is 0 Å². The van der Waals surface area contributed by atoms with Gasteiger partial charge in [0.15, 0.2) is 0 Å². The van der Waals surface area contributed by atoms with E-state index in [1.165, 1.54) is 32.1 Å². The summed E-state index contributed by atoms with van der Waals surface area (Å²) in [6, 6.07) is 1.80. The molecule has 4 heteroatoms. The van der Waals surface area contributed by atoms with Crippen LogP contribution in [0.15, 0.2) is 6.07 Å². The van der Waals surface area contributed by atoms with Crippen LogP contribution in [0.5, 0.6) is 0 Å². The van der Waals surface area contributed by atoms with Crippen LogP contribution >= 0.6 is 11.8 Å². The van der Waals surface area contributed by atoms with E-state index in [0.29, 0.717) is 10.3 Å². The molecule has 2 rings (SSSR count). The molecule has 0 saturated heterocycles. The largest absolute Gasteiger partial charge is 0.478 e. The zero-order valence-electron chi connectivity index (χ0n) is 12.0. The van der Waals surface area contributed by atoms with Gasteiger partial charge in [0.05, 0.1) is 5.56 Å². The van der Waals surface area contributed by atoms with Crippen molar-refractivity contribution in [2.75, 3.05) is 6.26 Å². The van der Waals surface area contributed by atoms with E-state index in [-0.39, 0.29) is 0 Å². The van der Waals surface area contributed by atoms with Gasteiger partial charge in [-0.05, 0) is 39.0 Å². The maximum absolute atomic E-state index is 11.2. The van der Waals surface area contributed by atoms with Crippen LogP contribution in [-0.2, 0) is 6.54 Å². The Labute approximate surface area is 119 Å². The highest BCUT2D eigenvalue weighted by Gasteiger charge is 2.32. The van der Waals surface area contributed by atoms with Gasteiger partial charge in [0.2, 0.25) is 0 Å². The number of rotatable bonds is 4. The summed E-state index contributed by atoms with van der Waals surface area (Å²) in [6.45, 7) is 4.88. The third-order valence-corrected chi connectivity index (χ3v) is 5.85. The second-order valence-corrected chi connectivity index (χ2v) is 6.90. The van der Waals surface area contributed by atoms with E-state index >= 15 is 0 Å². The molecule has 0 unspecified atom stereocenters. The summed E-state index contributed by atoms with van der Waals surface area (Å²) >= 11 is 1.95. The van der Waals surface area contributed by atoms with E-state index in [2.05, 4.69) is 10.8 Å². The molecule has 1 saturated carbocycles. The Balaban J connectivity index is 2.29. The summed E-state index contributed by atoms with van der Waals surface area (Å²) in [7, 11) is 0. The Hall–Kier alpha value is -0.900. The van der Waals surface area contributed by atoms with Gasteiger partial charge in [-0.15, -0.1) is 0 Å². The summed E-state index contributed by atoms with van der Waals surface area (Å²) in [5.74, 6) is -0.818. The van der Waals surface area contributed by atoms with Crippen LogP contribution < -0.4 is 0 Å². The Kier molecular flexibility index (Phi) is 4.29. The van der Waals surface area contributed by atoms with Crippen molar-refractivity contribution in [3.05, 3.63) is 23.0 Å².